The van der Waals surface area contributed by atoms with Gasteiger partial charge in [0.15, 0.2) is 0 Å². The van der Waals surface area contributed by atoms with Crippen molar-refractivity contribution in [3.8, 4) is 5.75 Å². The van der Waals surface area contributed by atoms with Gasteiger partial charge in [0, 0.05) is 16.3 Å². The zero-order chi connectivity index (χ0) is 14.1. The van der Waals surface area contributed by atoms with Gasteiger partial charge in [0.1, 0.15) is 5.75 Å². The lowest BCUT2D eigenvalue weighted by molar-refractivity contribution is 0.103. The molecule has 1 aliphatic rings. The summed E-state index contributed by atoms with van der Waals surface area (Å²) in [4.78, 5) is 14.4. The number of thioether (sulfide) groups is 1. The second-order valence-electron chi connectivity index (χ2n) is 4.82. The molecule has 0 unspecified atom stereocenters. The molecule has 20 heavy (non-hydrogen) atoms. The Bertz CT molecular complexity index is 640. The quantitative estimate of drug-likeness (QED) is 0.830. The number of phenolic OH excluding ortho intramolecular Hbond substituents is 1. The first-order valence-electron chi connectivity index (χ1n) is 6.44. The van der Waals surface area contributed by atoms with Crippen LogP contribution >= 0.6 is 23.1 Å². The molecule has 0 aliphatic carbocycles. The molecule has 0 saturated heterocycles. The molecular formula is C15H15NO2S2. The minimum atomic E-state index is -0.0699. The molecule has 5 heteroatoms. The number of nitrogens with one attached hydrogen (secondary N) is 1. The standard InChI is InChI=1S/C15H15NO2S2/c1-9-6-11(2-3-12(9)17)16-15(18)14-7-10-8-19-5-4-13(10)20-14/h2-3,6-7,17H,4-5,8H2,1H3,(H,16,18). The topological polar surface area (TPSA) is 49.3 Å². The highest BCUT2D eigenvalue weighted by Crippen LogP contribution is 2.32. The van der Waals surface area contributed by atoms with Crippen LogP contribution in [-0.4, -0.2) is 16.8 Å². The van der Waals surface area contributed by atoms with Crippen molar-refractivity contribution < 1.29 is 9.90 Å². The average molecular weight is 305 g/mol. The van der Waals surface area contributed by atoms with Crippen LogP contribution in [0.25, 0.3) is 0 Å². The summed E-state index contributed by atoms with van der Waals surface area (Å²) in [5.74, 6) is 2.33. The van der Waals surface area contributed by atoms with Crippen LogP contribution in [0.3, 0.4) is 0 Å². The summed E-state index contributed by atoms with van der Waals surface area (Å²) < 4.78 is 0. The van der Waals surface area contributed by atoms with E-state index in [4.69, 9.17) is 0 Å². The number of thiophene rings is 1. The highest BCUT2D eigenvalue weighted by Gasteiger charge is 2.17. The molecule has 1 aromatic heterocycles. The van der Waals surface area contributed by atoms with E-state index in [0.717, 1.165) is 28.4 Å². The van der Waals surface area contributed by atoms with E-state index in [0.29, 0.717) is 5.69 Å². The lowest BCUT2D eigenvalue weighted by Crippen LogP contribution is -2.10. The van der Waals surface area contributed by atoms with Crippen molar-refractivity contribution in [1.29, 1.82) is 0 Å². The number of rotatable bonds is 2. The first kappa shape index (κ1) is 13.5. The van der Waals surface area contributed by atoms with Gasteiger partial charge >= 0.3 is 0 Å². The Morgan fingerprint density at radius 3 is 2.95 bits per heavy atom. The van der Waals surface area contributed by atoms with E-state index in [1.165, 1.54) is 10.4 Å². The first-order valence-corrected chi connectivity index (χ1v) is 8.41. The highest BCUT2D eigenvalue weighted by atomic mass is 32.2. The normalized spacial score (nSPS) is 13.8. The van der Waals surface area contributed by atoms with Gasteiger partial charge in [0.25, 0.3) is 5.91 Å². The summed E-state index contributed by atoms with van der Waals surface area (Å²) in [6.45, 7) is 1.81. The fraction of sp³-hybridized carbons (Fsp3) is 0.267. The van der Waals surface area contributed by atoms with Crippen LogP contribution in [-0.2, 0) is 12.2 Å². The molecule has 0 atom stereocenters. The SMILES string of the molecule is Cc1cc(NC(=O)c2cc3c(s2)CCSC3)ccc1O. The van der Waals surface area contributed by atoms with Crippen molar-refractivity contribution in [3.63, 3.8) is 0 Å². The van der Waals surface area contributed by atoms with Gasteiger partial charge in [-0.3, -0.25) is 4.79 Å². The summed E-state index contributed by atoms with van der Waals surface area (Å²) in [5.41, 5.74) is 2.77. The number of hydrogen-bond acceptors (Lipinski definition) is 4. The molecule has 0 radical (unpaired) electrons. The Hall–Kier alpha value is -1.46. The molecular weight excluding hydrogens is 290 g/mol. The third-order valence-corrected chi connectivity index (χ3v) is 5.55. The van der Waals surface area contributed by atoms with Crippen LogP contribution in [0.4, 0.5) is 5.69 Å². The van der Waals surface area contributed by atoms with Gasteiger partial charge in [0.2, 0.25) is 0 Å². The molecule has 0 spiro atoms. The maximum absolute atomic E-state index is 12.3. The van der Waals surface area contributed by atoms with Crippen molar-refractivity contribution in [3.05, 3.63) is 45.1 Å². The van der Waals surface area contributed by atoms with Crippen molar-refractivity contribution in [2.75, 3.05) is 11.1 Å². The van der Waals surface area contributed by atoms with Crippen molar-refractivity contribution >= 4 is 34.7 Å². The number of carbonyl (C=O) groups is 1. The molecule has 0 bridgehead atoms. The molecule has 2 heterocycles. The van der Waals surface area contributed by atoms with E-state index in [2.05, 4.69) is 5.32 Å². The van der Waals surface area contributed by atoms with Crippen LogP contribution in [0, 0.1) is 6.92 Å². The maximum Gasteiger partial charge on any atom is 0.265 e. The van der Waals surface area contributed by atoms with Gasteiger partial charge in [-0.1, -0.05) is 0 Å². The Morgan fingerprint density at radius 1 is 1.35 bits per heavy atom. The van der Waals surface area contributed by atoms with E-state index in [1.807, 2.05) is 24.8 Å². The summed E-state index contributed by atoms with van der Waals surface area (Å²) in [5, 5.41) is 12.4. The first-order chi connectivity index (χ1) is 9.63. The summed E-state index contributed by atoms with van der Waals surface area (Å²) >= 11 is 3.51. The van der Waals surface area contributed by atoms with Gasteiger partial charge in [-0.25, -0.2) is 0 Å². The fourth-order valence-corrected chi connectivity index (χ4v) is 4.45. The third-order valence-electron chi connectivity index (χ3n) is 3.31. The van der Waals surface area contributed by atoms with E-state index in [9.17, 15) is 9.90 Å². The largest absolute Gasteiger partial charge is 0.508 e. The number of carbonyl (C=O) groups excluding carboxylic acids is 1. The minimum Gasteiger partial charge on any atom is -0.508 e. The monoisotopic (exact) mass is 305 g/mol. The molecule has 3 nitrogen and oxygen atoms in total. The smallest absolute Gasteiger partial charge is 0.265 e. The Morgan fingerprint density at radius 2 is 2.20 bits per heavy atom. The van der Waals surface area contributed by atoms with Crippen LogP contribution in [0.5, 0.6) is 5.75 Å². The minimum absolute atomic E-state index is 0.0699. The highest BCUT2D eigenvalue weighted by molar-refractivity contribution is 7.98. The molecule has 1 amide bonds. The molecule has 3 rings (SSSR count). The molecule has 1 aromatic carbocycles. The predicted molar refractivity (Wildman–Crippen MR) is 85.0 cm³/mol. The summed E-state index contributed by atoms with van der Waals surface area (Å²) in [6, 6.07) is 7.09. The number of hydrogen-bond donors (Lipinski definition) is 2. The van der Waals surface area contributed by atoms with Crippen LogP contribution in [0.15, 0.2) is 24.3 Å². The molecule has 0 saturated carbocycles. The van der Waals surface area contributed by atoms with E-state index < -0.39 is 0 Å². The van der Waals surface area contributed by atoms with Crippen LogP contribution < -0.4 is 5.32 Å². The molecule has 0 fully saturated rings. The average Bonchev–Trinajstić information content (AvgIpc) is 2.87. The van der Waals surface area contributed by atoms with E-state index in [-0.39, 0.29) is 11.7 Å². The number of amides is 1. The zero-order valence-electron chi connectivity index (χ0n) is 11.1. The van der Waals surface area contributed by atoms with Crippen molar-refractivity contribution in [2.45, 2.75) is 19.1 Å². The number of anilines is 1. The zero-order valence-corrected chi connectivity index (χ0v) is 12.7. The number of aromatic hydroxyl groups is 1. The van der Waals surface area contributed by atoms with Gasteiger partial charge in [0.05, 0.1) is 4.88 Å². The summed E-state index contributed by atoms with van der Waals surface area (Å²) in [7, 11) is 0. The van der Waals surface area contributed by atoms with Gasteiger partial charge in [-0.15, -0.1) is 11.3 Å². The van der Waals surface area contributed by atoms with Crippen molar-refractivity contribution in [1.82, 2.24) is 0 Å². The Labute approximate surface area is 126 Å². The maximum atomic E-state index is 12.3. The molecule has 2 aromatic rings. The fourth-order valence-electron chi connectivity index (χ4n) is 2.19. The van der Waals surface area contributed by atoms with Crippen LogP contribution in [0.1, 0.15) is 25.7 Å². The van der Waals surface area contributed by atoms with E-state index in [1.54, 1.807) is 29.5 Å². The molecule has 2 N–H and O–H groups in total. The van der Waals surface area contributed by atoms with Gasteiger partial charge < -0.3 is 10.4 Å². The number of fused-ring (bicyclic) bond motifs is 1. The number of benzene rings is 1. The second kappa shape index (κ2) is 5.50. The molecule has 104 valence electrons. The Balaban J connectivity index is 1.78. The second-order valence-corrected chi connectivity index (χ2v) is 7.06. The molecule has 1 aliphatic heterocycles. The summed E-state index contributed by atoms with van der Waals surface area (Å²) in [6.07, 6.45) is 1.07. The lowest BCUT2D eigenvalue weighted by Gasteiger charge is -2.08. The van der Waals surface area contributed by atoms with Gasteiger partial charge in [-0.05, 0) is 54.5 Å². The lowest BCUT2D eigenvalue weighted by atomic mass is 10.2. The number of phenols is 1. The van der Waals surface area contributed by atoms with Gasteiger partial charge in [-0.2, -0.15) is 11.8 Å². The Kier molecular flexibility index (Phi) is 3.72. The van der Waals surface area contributed by atoms with E-state index >= 15 is 0 Å². The predicted octanol–water partition coefficient (Wildman–Crippen LogP) is 3.80. The third kappa shape index (κ3) is 2.69. The van der Waals surface area contributed by atoms with Crippen molar-refractivity contribution in [2.24, 2.45) is 0 Å². The van der Waals surface area contributed by atoms with Crippen LogP contribution in [0.2, 0.25) is 0 Å². The number of aryl methyl sites for hydroxylation is 2.